The van der Waals surface area contributed by atoms with Gasteiger partial charge in [-0.2, -0.15) is 0 Å². The van der Waals surface area contributed by atoms with E-state index in [0.717, 1.165) is 24.6 Å². The van der Waals surface area contributed by atoms with Crippen molar-refractivity contribution in [3.63, 3.8) is 0 Å². The number of H-pyrrole nitrogens is 1. The molecule has 0 saturated carbocycles. The molecule has 3 rings (SSSR count). The first-order valence-electron chi connectivity index (χ1n) is 10.2. The summed E-state index contributed by atoms with van der Waals surface area (Å²) in [4.78, 5) is 26.5. The molecule has 1 aromatic carbocycles. The molecule has 8 nitrogen and oxygen atoms in total. The molecule has 2 heterocycles. The van der Waals surface area contributed by atoms with E-state index in [2.05, 4.69) is 31.2 Å². The van der Waals surface area contributed by atoms with Crippen molar-refractivity contribution >= 4 is 27.6 Å². The average Bonchev–Trinajstić information content (AvgIpc) is 3.15. The summed E-state index contributed by atoms with van der Waals surface area (Å²) in [6, 6.07) is 5.68. The van der Waals surface area contributed by atoms with Crippen LogP contribution in [0.15, 0.2) is 32.5 Å². The number of ether oxygens (including phenoxy) is 1. The van der Waals surface area contributed by atoms with Crippen molar-refractivity contribution in [2.24, 2.45) is 4.99 Å². The Kier molecular flexibility index (Phi) is 7.49. The lowest BCUT2D eigenvalue weighted by Gasteiger charge is -2.20. The van der Waals surface area contributed by atoms with Gasteiger partial charge in [-0.25, -0.2) is 4.98 Å². The summed E-state index contributed by atoms with van der Waals surface area (Å²) in [7, 11) is 0. The number of anilines is 1. The summed E-state index contributed by atoms with van der Waals surface area (Å²) in [6.45, 7) is 8.65. The van der Waals surface area contributed by atoms with Gasteiger partial charge in [0.1, 0.15) is 16.0 Å². The second-order valence-electron chi connectivity index (χ2n) is 7.37. The van der Waals surface area contributed by atoms with Gasteiger partial charge in [-0.3, -0.25) is 9.79 Å². The number of aliphatic imine (C=N–C) groups is 1. The quantitative estimate of drug-likeness (QED) is 0.539. The van der Waals surface area contributed by atoms with Crippen molar-refractivity contribution in [2.75, 3.05) is 38.2 Å². The molecule has 0 spiro atoms. The molecule has 0 amide bonds. The number of aliphatic hydroxyl groups is 1. The lowest BCUT2D eigenvalue weighted by Crippen LogP contribution is -2.35. The predicted octanol–water partition coefficient (Wildman–Crippen LogP) is 3.19. The zero-order chi connectivity index (χ0) is 21.7. The van der Waals surface area contributed by atoms with Gasteiger partial charge in [0, 0.05) is 18.8 Å². The van der Waals surface area contributed by atoms with Crippen LogP contribution in [0.4, 0.5) is 5.69 Å². The normalized spacial score (nSPS) is 13.7. The molecule has 3 N–H and O–H groups in total. The highest BCUT2D eigenvalue weighted by Crippen LogP contribution is 2.32. The maximum absolute atomic E-state index is 12.5. The number of hydrogen-bond donors (Lipinski definition) is 3. The number of nitrogens with zero attached hydrogens (tertiary/aromatic N) is 3. The van der Waals surface area contributed by atoms with Gasteiger partial charge in [-0.1, -0.05) is 20.8 Å². The fourth-order valence-electron chi connectivity index (χ4n) is 3.19. The monoisotopic (exact) mass is 477 g/mol. The summed E-state index contributed by atoms with van der Waals surface area (Å²) in [5.41, 5.74) is 1.97. The average molecular weight is 478 g/mol. The van der Waals surface area contributed by atoms with Crippen molar-refractivity contribution in [3.05, 3.63) is 38.7 Å². The summed E-state index contributed by atoms with van der Waals surface area (Å²) in [5, 5.41) is 12.6. The largest absolute Gasteiger partial charge is 0.493 e. The lowest BCUT2D eigenvalue weighted by molar-refractivity contribution is 0.256. The number of rotatable bonds is 8. The predicted molar refractivity (Wildman–Crippen MR) is 122 cm³/mol. The van der Waals surface area contributed by atoms with Crippen LogP contribution >= 0.6 is 15.9 Å². The minimum absolute atomic E-state index is 0.0672. The fraction of sp³-hybridized carbons (Fsp3) is 0.476. The molecular weight excluding hydrogens is 450 g/mol. The van der Waals surface area contributed by atoms with Gasteiger partial charge in [0.25, 0.3) is 5.56 Å². The van der Waals surface area contributed by atoms with Crippen LogP contribution in [0.5, 0.6) is 5.75 Å². The van der Waals surface area contributed by atoms with Gasteiger partial charge in [0.2, 0.25) is 0 Å². The van der Waals surface area contributed by atoms with Gasteiger partial charge in [0.05, 0.1) is 31.0 Å². The van der Waals surface area contributed by atoms with Crippen LogP contribution in [0.25, 0.3) is 11.4 Å². The van der Waals surface area contributed by atoms with Gasteiger partial charge >= 0.3 is 0 Å². The molecular formula is C21H28BrN5O3. The number of aromatic nitrogens is 2. The Morgan fingerprint density at radius 3 is 2.90 bits per heavy atom. The number of aromatic amines is 1. The van der Waals surface area contributed by atoms with Gasteiger partial charge in [0.15, 0.2) is 5.96 Å². The minimum atomic E-state index is -0.224. The molecule has 1 aromatic heterocycles. The Bertz CT molecular complexity index is 974. The maximum atomic E-state index is 12.5. The van der Waals surface area contributed by atoms with Crippen LogP contribution in [0.1, 0.15) is 38.8 Å². The first-order chi connectivity index (χ1) is 14.4. The van der Waals surface area contributed by atoms with E-state index in [1.54, 1.807) is 0 Å². The summed E-state index contributed by atoms with van der Waals surface area (Å²) >= 11 is 3.35. The van der Waals surface area contributed by atoms with Crippen molar-refractivity contribution < 1.29 is 9.84 Å². The molecule has 0 saturated heterocycles. The van der Waals surface area contributed by atoms with Gasteiger partial charge in [-0.15, -0.1) is 0 Å². The molecule has 0 atom stereocenters. The molecule has 9 heteroatoms. The third-order valence-corrected chi connectivity index (χ3v) is 5.46. The van der Waals surface area contributed by atoms with Crippen molar-refractivity contribution in [2.45, 2.75) is 33.1 Å². The lowest BCUT2D eigenvalue weighted by atomic mass is 10.1. The summed E-state index contributed by atoms with van der Waals surface area (Å²) < 4.78 is 6.37. The van der Waals surface area contributed by atoms with Crippen LogP contribution < -0.4 is 15.6 Å². The van der Waals surface area contributed by atoms with Gasteiger partial charge < -0.3 is 25.0 Å². The first kappa shape index (κ1) is 22.3. The number of halogens is 1. The van der Waals surface area contributed by atoms with Crippen LogP contribution in [-0.4, -0.2) is 58.8 Å². The Labute approximate surface area is 184 Å². The number of hydrogen-bond acceptors (Lipinski definition) is 7. The highest BCUT2D eigenvalue weighted by molar-refractivity contribution is 9.10. The Morgan fingerprint density at radius 2 is 2.20 bits per heavy atom. The van der Waals surface area contributed by atoms with E-state index in [-0.39, 0.29) is 18.1 Å². The molecule has 0 unspecified atom stereocenters. The highest BCUT2D eigenvalue weighted by Gasteiger charge is 2.19. The second-order valence-corrected chi connectivity index (χ2v) is 8.16. The minimum Gasteiger partial charge on any atom is -0.493 e. The third kappa shape index (κ3) is 5.02. The Balaban J connectivity index is 2.01. The van der Waals surface area contributed by atoms with E-state index in [1.807, 2.05) is 43.9 Å². The highest BCUT2D eigenvalue weighted by atomic mass is 79.9. The third-order valence-electron chi connectivity index (χ3n) is 4.69. The molecule has 0 radical (unpaired) electrons. The SMILES string of the molecule is CCCOc1ccc(NC2=NCCN2CCO)cc1-c1nc(C(C)C)c(Br)c(=O)[nH]1. The summed E-state index contributed by atoms with van der Waals surface area (Å²) in [5.74, 6) is 1.92. The molecule has 162 valence electrons. The Hall–Kier alpha value is -2.39. The van der Waals surface area contributed by atoms with Crippen molar-refractivity contribution in [1.82, 2.24) is 14.9 Å². The van der Waals surface area contributed by atoms with E-state index < -0.39 is 0 Å². The molecule has 1 aliphatic rings. The Morgan fingerprint density at radius 1 is 1.40 bits per heavy atom. The van der Waals surface area contributed by atoms with E-state index in [4.69, 9.17) is 9.72 Å². The zero-order valence-electron chi connectivity index (χ0n) is 17.5. The second kappa shape index (κ2) is 10.1. The van der Waals surface area contributed by atoms with Crippen LogP contribution in [0.2, 0.25) is 0 Å². The van der Waals surface area contributed by atoms with E-state index in [0.29, 0.717) is 47.0 Å². The first-order valence-corrected chi connectivity index (χ1v) is 11.0. The van der Waals surface area contributed by atoms with Crippen LogP contribution in [0, 0.1) is 0 Å². The van der Waals surface area contributed by atoms with Crippen LogP contribution in [0.3, 0.4) is 0 Å². The summed E-state index contributed by atoms with van der Waals surface area (Å²) in [6.07, 6.45) is 0.869. The maximum Gasteiger partial charge on any atom is 0.265 e. The molecule has 0 bridgehead atoms. The van der Waals surface area contributed by atoms with Crippen molar-refractivity contribution in [3.8, 4) is 17.1 Å². The molecule has 0 fully saturated rings. The number of benzene rings is 1. The molecule has 0 aliphatic carbocycles. The zero-order valence-corrected chi connectivity index (χ0v) is 19.1. The number of guanidine groups is 1. The number of β-amino-alcohol motifs (C(OH)–C–C–N with tert-alkyl or cyclic N) is 1. The number of aliphatic hydroxyl groups excluding tert-OH is 1. The topological polar surface area (TPSA) is 103 Å². The van der Waals surface area contributed by atoms with Crippen LogP contribution in [-0.2, 0) is 0 Å². The van der Waals surface area contributed by atoms with E-state index in [1.165, 1.54) is 0 Å². The number of nitrogens with one attached hydrogen (secondary N) is 2. The van der Waals surface area contributed by atoms with Gasteiger partial charge in [-0.05, 0) is 46.5 Å². The fourth-order valence-corrected chi connectivity index (χ4v) is 3.83. The molecule has 1 aliphatic heterocycles. The smallest absolute Gasteiger partial charge is 0.265 e. The molecule has 30 heavy (non-hydrogen) atoms. The van der Waals surface area contributed by atoms with Crippen molar-refractivity contribution in [1.29, 1.82) is 0 Å². The standard InChI is InChI=1S/C21H28BrN5O3/c1-4-11-30-16-6-5-14(24-21-23-7-8-27(21)9-10-28)12-15(16)19-25-18(13(2)3)17(22)20(29)26-19/h5-6,12-13,28H,4,7-11H2,1-3H3,(H,23,24)(H,25,26,29). The van der Waals surface area contributed by atoms with E-state index >= 15 is 0 Å². The molecule has 2 aromatic rings. The van der Waals surface area contributed by atoms with E-state index in [9.17, 15) is 9.90 Å².